The van der Waals surface area contributed by atoms with E-state index in [4.69, 9.17) is 0 Å². The molecule has 1 aliphatic carbocycles. The number of amides is 1. The molecule has 0 heterocycles. The molecular formula is C12H22N2O. The first kappa shape index (κ1) is 12.2. The van der Waals surface area contributed by atoms with Gasteiger partial charge in [0.1, 0.15) is 0 Å². The Labute approximate surface area is 92.3 Å². The first-order valence-electron chi connectivity index (χ1n) is 5.64. The summed E-state index contributed by atoms with van der Waals surface area (Å²) < 4.78 is 0. The van der Waals surface area contributed by atoms with Gasteiger partial charge in [0.2, 0.25) is 5.91 Å². The zero-order valence-electron chi connectivity index (χ0n) is 9.81. The largest absolute Gasteiger partial charge is 0.352 e. The Bertz CT molecular complexity index is 236. The third-order valence-electron chi connectivity index (χ3n) is 2.91. The van der Waals surface area contributed by atoms with E-state index >= 15 is 0 Å². The highest BCUT2D eigenvalue weighted by molar-refractivity contribution is 5.78. The molecule has 0 radical (unpaired) electrons. The Morgan fingerprint density at radius 1 is 1.60 bits per heavy atom. The van der Waals surface area contributed by atoms with Crippen LogP contribution in [0.3, 0.4) is 0 Å². The molecule has 3 nitrogen and oxygen atoms in total. The van der Waals surface area contributed by atoms with Crippen molar-refractivity contribution in [2.24, 2.45) is 5.41 Å². The number of nitrogens with one attached hydrogen (secondary N) is 2. The average Bonchev–Trinajstić information content (AvgIpc) is 2.46. The van der Waals surface area contributed by atoms with E-state index in [1.54, 1.807) is 6.08 Å². The lowest BCUT2D eigenvalue weighted by Gasteiger charge is -2.17. The van der Waals surface area contributed by atoms with Crippen molar-refractivity contribution in [1.29, 1.82) is 0 Å². The van der Waals surface area contributed by atoms with Crippen molar-refractivity contribution in [2.45, 2.75) is 39.2 Å². The SMILES string of the molecule is C=CCNCC(=O)NC1CCC(C)(C)C1. The summed E-state index contributed by atoms with van der Waals surface area (Å²) in [4.78, 5) is 11.5. The zero-order chi connectivity index (χ0) is 11.3. The van der Waals surface area contributed by atoms with Gasteiger partial charge in [0.05, 0.1) is 6.54 Å². The molecule has 1 amide bonds. The molecule has 1 rings (SSSR count). The molecule has 0 aromatic carbocycles. The summed E-state index contributed by atoms with van der Waals surface area (Å²) in [5.41, 5.74) is 0.395. The minimum absolute atomic E-state index is 0.0968. The van der Waals surface area contributed by atoms with Crippen molar-refractivity contribution >= 4 is 5.91 Å². The van der Waals surface area contributed by atoms with Gasteiger partial charge in [-0.25, -0.2) is 0 Å². The normalized spacial score (nSPS) is 23.7. The third kappa shape index (κ3) is 4.47. The summed E-state index contributed by atoms with van der Waals surface area (Å²) in [6, 6.07) is 0.373. The molecule has 0 aliphatic heterocycles. The predicted octanol–water partition coefficient (Wildman–Crippen LogP) is 1.46. The van der Waals surface area contributed by atoms with Crippen LogP contribution in [0.15, 0.2) is 12.7 Å². The van der Waals surface area contributed by atoms with Gasteiger partial charge in [-0.3, -0.25) is 4.79 Å². The topological polar surface area (TPSA) is 41.1 Å². The first-order chi connectivity index (χ1) is 7.03. The fraction of sp³-hybridized carbons (Fsp3) is 0.750. The number of rotatable bonds is 5. The van der Waals surface area contributed by atoms with Gasteiger partial charge in [-0.15, -0.1) is 6.58 Å². The van der Waals surface area contributed by atoms with Crippen LogP contribution in [-0.4, -0.2) is 25.0 Å². The van der Waals surface area contributed by atoms with E-state index in [9.17, 15) is 4.79 Å². The van der Waals surface area contributed by atoms with Crippen molar-refractivity contribution < 1.29 is 4.79 Å². The second-order valence-corrected chi connectivity index (χ2v) is 5.09. The maximum absolute atomic E-state index is 11.5. The van der Waals surface area contributed by atoms with Crippen LogP contribution in [0, 0.1) is 5.41 Å². The summed E-state index contributed by atoms with van der Waals surface area (Å²) in [6.45, 7) is 9.18. The Hall–Kier alpha value is -0.830. The van der Waals surface area contributed by atoms with Crippen LogP contribution < -0.4 is 10.6 Å². The van der Waals surface area contributed by atoms with Crippen LogP contribution in [0.1, 0.15) is 33.1 Å². The van der Waals surface area contributed by atoms with Gasteiger partial charge in [-0.2, -0.15) is 0 Å². The van der Waals surface area contributed by atoms with E-state index < -0.39 is 0 Å². The summed E-state index contributed by atoms with van der Waals surface area (Å²) in [5.74, 6) is 0.0968. The lowest BCUT2D eigenvalue weighted by Crippen LogP contribution is -2.39. The van der Waals surface area contributed by atoms with Crippen LogP contribution in [0.2, 0.25) is 0 Å². The number of hydrogen-bond acceptors (Lipinski definition) is 2. The lowest BCUT2D eigenvalue weighted by atomic mass is 9.92. The predicted molar refractivity (Wildman–Crippen MR) is 62.6 cm³/mol. The minimum Gasteiger partial charge on any atom is -0.352 e. The van der Waals surface area contributed by atoms with Gasteiger partial charge >= 0.3 is 0 Å². The van der Waals surface area contributed by atoms with Crippen LogP contribution in [0.4, 0.5) is 0 Å². The zero-order valence-corrected chi connectivity index (χ0v) is 9.81. The molecule has 1 atom stereocenters. The molecule has 1 aliphatic rings. The van der Waals surface area contributed by atoms with Gasteiger partial charge in [-0.1, -0.05) is 19.9 Å². The Morgan fingerprint density at radius 3 is 2.87 bits per heavy atom. The Morgan fingerprint density at radius 2 is 2.33 bits per heavy atom. The van der Waals surface area contributed by atoms with E-state index in [-0.39, 0.29) is 5.91 Å². The standard InChI is InChI=1S/C12H22N2O/c1-4-7-13-9-11(15)14-10-5-6-12(2,3)8-10/h4,10,13H,1,5-9H2,2-3H3,(H,14,15). The van der Waals surface area contributed by atoms with Gasteiger partial charge in [0.25, 0.3) is 0 Å². The molecule has 0 bridgehead atoms. The van der Waals surface area contributed by atoms with E-state index in [0.717, 1.165) is 12.8 Å². The molecular weight excluding hydrogens is 188 g/mol. The van der Waals surface area contributed by atoms with Gasteiger partial charge < -0.3 is 10.6 Å². The molecule has 0 aromatic rings. The molecule has 2 N–H and O–H groups in total. The maximum Gasteiger partial charge on any atom is 0.234 e. The molecule has 1 saturated carbocycles. The van der Waals surface area contributed by atoms with Crippen molar-refractivity contribution in [3.8, 4) is 0 Å². The highest BCUT2D eigenvalue weighted by atomic mass is 16.1. The van der Waals surface area contributed by atoms with Crippen LogP contribution in [-0.2, 0) is 4.79 Å². The van der Waals surface area contributed by atoms with Gasteiger partial charge in [0.15, 0.2) is 0 Å². The van der Waals surface area contributed by atoms with Crippen molar-refractivity contribution in [3.63, 3.8) is 0 Å². The first-order valence-corrected chi connectivity index (χ1v) is 5.64. The third-order valence-corrected chi connectivity index (χ3v) is 2.91. The molecule has 0 aromatic heterocycles. The number of carbonyl (C=O) groups excluding carboxylic acids is 1. The van der Waals surface area contributed by atoms with E-state index in [1.165, 1.54) is 6.42 Å². The minimum atomic E-state index is 0.0968. The fourth-order valence-corrected chi connectivity index (χ4v) is 2.13. The Kier molecular flexibility index (Phi) is 4.33. The molecule has 1 fully saturated rings. The smallest absolute Gasteiger partial charge is 0.234 e. The number of hydrogen-bond donors (Lipinski definition) is 2. The molecule has 0 spiro atoms. The van der Waals surface area contributed by atoms with E-state index in [2.05, 4.69) is 31.1 Å². The lowest BCUT2D eigenvalue weighted by molar-refractivity contribution is -0.120. The summed E-state index contributed by atoms with van der Waals surface area (Å²) in [7, 11) is 0. The molecule has 3 heteroatoms. The number of carbonyl (C=O) groups is 1. The van der Waals surface area contributed by atoms with Crippen LogP contribution in [0.5, 0.6) is 0 Å². The quantitative estimate of drug-likeness (QED) is 0.533. The van der Waals surface area contributed by atoms with Gasteiger partial charge in [-0.05, 0) is 24.7 Å². The van der Waals surface area contributed by atoms with E-state index in [1.807, 2.05) is 0 Å². The molecule has 86 valence electrons. The van der Waals surface area contributed by atoms with Crippen molar-refractivity contribution in [2.75, 3.05) is 13.1 Å². The van der Waals surface area contributed by atoms with Crippen molar-refractivity contribution in [3.05, 3.63) is 12.7 Å². The highest BCUT2D eigenvalue weighted by Gasteiger charge is 2.31. The van der Waals surface area contributed by atoms with E-state index in [0.29, 0.717) is 24.5 Å². The van der Waals surface area contributed by atoms with Crippen molar-refractivity contribution in [1.82, 2.24) is 10.6 Å². The van der Waals surface area contributed by atoms with Crippen LogP contribution in [0.25, 0.3) is 0 Å². The van der Waals surface area contributed by atoms with Gasteiger partial charge in [0, 0.05) is 12.6 Å². The second kappa shape index (κ2) is 5.31. The molecule has 15 heavy (non-hydrogen) atoms. The summed E-state index contributed by atoms with van der Waals surface area (Å²) in [6.07, 6.45) is 5.17. The fourth-order valence-electron chi connectivity index (χ4n) is 2.13. The highest BCUT2D eigenvalue weighted by Crippen LogP contribution is 2.36. The molecule has 0 saturated heterocycles. The second-order valence-electron chi connectivity index (χ2n) is 5.09. The Balaban J connectivity index is 2.19. The molecule has 1 unspecified atom stereocenters. The van der Waals surface area contributed by atoms with Crippen LogP contribution >= 0.6 is 0 Å². The summed E-state index contributed by atoms with van der Waals surface area (Å²) in [5, 5.41) is 6.06. The summed E-state index contributed by atoms with van der Waals surface area (Å²) >= 11 is 0. The maximum atomic E-state index is 11.5. The monoisotopic (exact) mass is 210 g/mol. The average molecular weight is 210 g/mol.